The van der Waals surface area contributed by atoms with Gasteiger partial charge in [0.15, 0.2) is 57.2 Å². The first kappa shape index (κ1) is 104. The van der Waals surface area contributed by atoms with E-state index in [-0.39, 0.29) is 68.3 Å². The molecule has 20 rings (SSSR count). The molecule has 764 valence electrons. The Morgan fingerprint density at radius 3 is 0.912 bits per heavy atom. The third kappa shape index (κ3) is 25.0. The van der Waals surface area contributed by atoms with Crippen LogP contribution in [0.1, 0.15) is 277 Å². The maximum atomic E-state index is 12.8. The third-order valence-electron chi connectivity index (χ3n) is 30.2. The van der Waals surface area contributed by atoms with Crippen molar-refractivity contribution in [2.24, 2.45) is 0 Å². The molecule has 7 aliphatic carbocycles. The molecule has 0 radical (unpaired) electrons. The summed E-state index contributed by atoms with van der Waals surface area (Å²) >= 11 is 0. The van der Waals surface area contributed by atoms with Gasteiger partial charge >= 0.3 is 0 Å². The van der Waals surface area contributed by atoms with Gasteiger partial charge in [0.25, 0.3) is 56.7 Å². The van der Waals surface area contributed by atoms with Crippen LogP contribution >= 0.6 is 0 Å². The molecule has 0 bridgehead atoms. The number of aromatic hydroxyl groups is 5. The van der Waals surface area contributed by atoms with Gasteiger partial charge in [0.1, 0.15) is 0 Å². The monoisotopic (exact) mass is 1990 g/mol. The summed E-state index contributed by atoms with van der Waals surface area (Å²) in [6, 6.07) is 68.6. The van der Waals surface area contributed by atoms with Crippen molar-refractivity contribution in [2.45, 2.75) is 273 Å². The number of carbonyl (C=O) groups excluding carboxylic acids is 5. The lowest BCUT2D eigenvalue weighted by atomic mass is 9.78. The van der Waals surface area contributed by atoms with Crippen LogP contribution in [-0.4, -0.2) is 129 Å². The average molecular weight is 1990 g/mol. The minimum absolute atomic E-state index is 0.0803. The molecule has 7 saturated carbocycles. The van der Waals surface area contributed by atoms with Crippen LogP contribution in [0.2, 0.25) is 0 Å². The fraction of sp³-hybridized carbons (Fsp3) is 0.376. The van der Waals surface area contributed by atoms with Gasteiger partial charge in [-0.15, -0.1) is 0 Å². The summed E-state index contributed by atoms with van der Waals surface area (Å²) in [5.41, 5.74) is 9.47. The number of para-hydroxylation sites is 2. The molecule has 147 heavy (non-hydrogen) atoms. The Morgan fingerprint density at radius 2 is 0.585 bits per heavy atom. The minimum Gasteiger partial charge on any atom is -0.503 e. The number of amides is 5. The van der Waals surface area contributed by atoms with E-state index in [1.54, 1.807) is 43.0 Å². The van der Waals surface area contributed by atoms with Crippen LogP contribution in [-0.2, 0) is 47.8 Å². The maximum absolute atomic E-state index is 12.8. The number of benzene rings is 8. The number of nitrogens with one attached hydrogen (secondary N) is 5. The molecular formula is C117H131N15O15. The van der Waals surface area contributed by atoms with E-state index in [2.05, 4.69) is 177 Å². The summed E-state index contributed by atoms with van der Waals surface area (Å²) in [6.45, 7) is 10.4. The number of hydrogen-bond acceptors (Lipinski definition) is 20. The molecule has 30 nitrogen and oxygen atoms in total. The zero-order valence-corrected chi connectivity index (χ0v) is 84.2. The zero-order valence-electron chi connectivity index (χ0n) is 84.2. The summed E-state index contributed by atoms with van der Waals surface area (Å²) in [4.78, 5) is 124. The highest BCUT2D eigenvalue weighted by Gasteiger charge is 2.42. The topological polar surface area (TPSA) is 421 Å². The molecule has 5 amide bonds. The van der Waals surface area contributed by atoms with Crippen LogP contribution < -0.4 is 53.7 Å². The van der Waals surface area contributed by atoms with Gasteiger partial charge in [-0.2, -0.15) is 25.5 Å². The van der Waals surface area contributed by atoms with Gasteiger partial charge in [-0.25, -0.2) is 4.68 Å². The second-order valence-electron chi connectivity index (χ2n) is 40.8. The van der Waals surface area contributed by atoms with Crippen LogP contribution in [0.4, 0.5) is 5.69 Å². The number of aromatic nitrogens is 10. The number of nitrogens with zero attached hydrogens (tertiary/aromatic N) is 10. The normalized spacial score (nSPS) is 16.4. The molecular weight excluding hydrogens is 1860 g/mol. The largest absolute Gasteiger partial charge is 0.503 e. The number of aryl methyl sites for hydroxylation is 4. The van der Waals surface area contributed by atoms with Gasteiger partial charge in [0.05, 0.1) is 62.9 Å². The maximum Gasteiger partial charge on any atom is 0.280 e. The molecule has 7 fully saturated rings. The summed E-state index contributed by atoms with van der Waals surface area (Å²) < 4.78 is 7.68. The Hall–Kier alpha value is -15.5. The molecule has 0 spiro atoms. The highest BCUT2D eigenvalue weighted by molar-refractivity contribution is 6.03. The van der Waals surface area contributed by atoms with E-state index >= 15 is 0 Å². The Morgan fingerprint density at radius 1 is 0.299 bits per heavy atom. The summed E-state index contributed by atoms with van der Waals surface area (Å²) in [6.07, 6.45) is 36.0. The van der Waals surface area contributed by atoms with Crippen LogP contribution in [0, 0.1) is 27.7 Å². The van der Waals surface area contributed by atoms with Gasteiger partial charge in [-0.05, 0) is 181 Å². The minimum atomic E-state index is -0.812. The van der Waals surface area contributed by atoms with Crippen molar-refractivity contribution in [3.05, 3.63) is 361 Å². The Balaban J connectivity index is 0.000000131. The highest BCUT2D eigenvalue weighted by Crippen LogP contribution is 2.48. The van der Waals surface area contributed by atoms with Gasteiger partial charge in [0, 0.05) is 58.1 Å². The van der Waals surface area contributed by atoms with E-state index in [1.165, 1.54) is 93.6 Å². The van der Waals surface area contributed by atoms with Crippen molar-refractivity contribution in [1.82, 2.24) is 70.2 Å². The van der Waals surface area contributed by atoms with Crippen LogP contribution in [0.3, 0.4) is 0 Å². The van der Waals surface area contributed by atoms with Gasteiger partial charge < -0.3 is 52.1 Å². The van der Waals surface area contributed by atoms with E-state index in [9.17, 15) is 73.5 Å². The van der Waals surface area contributed by atoms with Crippen LogP contribution in [0.25, 0.3) is 27.9 Å². The Bertz CT molecular complexity index is 7240. The van der Waals surface area contributed by atoms with Crippen molar-refractivity contribution in [2.75, 3.05) is 12.4 Å². The van der Waals surface area contributed by atoms with Crippen LogP contribution in [0.5, 0.6) is 28.7 Å². The molecule has 10 N–H and O–H groups in total. The fourth-order valence-electron chi connectivity index (χ4n) is 22.2. The average Bonchev–Trinajstić information content (AvgIpc) is 1.46. The lowest BCUT2D eigenvalue weighted by molar-refractivity contribution is 0.0901. The Kier molecular flexibility index (Phi) is 33.5. The number of rotatable bonds is 24. The SMILES string of the molecule is CNC(=O)c1nn(-c2ccccc2-c2ccccc2-c2ccccc2)cc(O)c1=O.Cc1cccc(C2(Cn3cc(O)c(=O)c(C(=O)NC4CCC4)n3)CCCC2)c1.Cc1cccc(C2(Cn3cc(O)c(=O)c(C(=O)NC4CCCC4)n3)CCCC2)c1.Cc1cccc(C2(Cn3cc(O)c(=O)c(C(=O)NC4CCCCC4)n3)CCCC2)c1.Cc1cccc(C2(Cn3cc(O)c(=O)c(C(=O)Nc4ccccc4)n3)CCCC2)c1. The van der Waals surface area contributed by atoms with Crippen molar-refractivity contribution in [3.8, 4) is 56.7 Å². The van der Waals surface area contributed by atoms with Crippen LogP contribution in [0.15, 0.2) is 261 Å². The third-order valence-corrected chi connectivity index (χ3v) is 30.2. The second-order valence-corrected chi connectivity index (χ2v) is 40.8. The molecule has 5 aromatic heterocycles. The summed E-state index contributed by atoms with van der Waals surface area (Å²) in [7, 11) is 1.40. The summed E-state index contributed by atoms with van der Waals surface area (Å²) in [5, 5.41) is 86.3. The molecule has 0 aliphatic heterocycles. The molecule has 0 unspecified atom stereocenters. The van der Waals surface area contributed by atoms with E-state index in [0.29, 0.717) is 37.6 Å². The first-order chi connectivity index (χ1) is 71.0. The van der Waals surface area contributed by atoms with Crippen molar-refractivity contribution >= 4 is 35.2 Å². The number of carbonyl (C=O) groups is 5. The predicted octanol–water partition coefficient (Wildman–Crippen LogP) is 18.0. The van der Waals surface area contributed by atoms with E-state index in [4.69, 9.17) is 0 Å². The van der Waals surface area contributed by atoms with Gasteiger partial charge in [0.2, 0.25) is 0 Å². The zero-order chi connectivity index (χ0) is 104. The van der Waals surface area contributed by atoms with Crippen molar-refractivity contribution in [3.63, 3.8) is 0 Å². The Labute approximate surface area is 853 Å². The fourth-order valence-corrected chi connectivity index (χ4v) is 22.2. The second kappa shape index (κ2) is 47.1. The smallest absolute Gasteiger partial charge is 0.280 e. The number of anilines is 1. The molecule has 0 saturated heterocycles. The molecule has 5 heterocycles. The van der Waals surface area contributed by atoms with Gasteiger partial charge in [-0.3, -0.25) is 66.7 Å². The highest BCUT2D eigenvalue weighted by atomic mass is 16.3. The van der Waals surface area contributed by atoms with E-state index in [1.807, 2.05) is 84.9 Å². The lowest BCUT2D eigenvalue weighted by Gasteiger charge is -2.31. The van der Waals surface area contributed by atoms with E-state index < -0.39 is 85.4 Å². The summed E-state index contributed by atoms with van der Waals surface area (Å²) in [5.74, 6) is -5.03. The van der Waals surface area contributed by atoms with Crippen molar-refractivity contribution < 1.29 is 49.5 Å². The quantitative estimate of drug-likeness (QED) is 0.0269. The molecule has 0 atom stereocenters. The van der Waals surface area contributed by atoms with Gasteiger partial charge in [-0.1, -0.05) is 294 Å². The lowest BCUT2D eigenvalue weighted by Crippen LogP contribution is -2.42. The molecule has 8 aromatic carbocycles. The van der Waals surface area contributed by atoms with Crippen molar-refractivity contribution in [1.29, 1.82) is 0 Å². The number of hydrogen-bond donors (Lipinski definition) is 10. The first-order valence-corrected chi connectivity index (χ1v) is 51.6. The molecule has 13 aromatic rings. The molecule has 30 heteroatoms. The predicted molar refractivity (Wildman–Crippen MR) is 565 cm³/mol. The molecule has 7 aliphatic rings. The standard InChI is InChI=1S/C24H31N3O3.C24H25N3O3.C24H19N3O3.C23H29N3O3.C22H27N3O3/c2*1-17-8-7-9-18(14-17)24(12-5-6-13-24)16-27-15-20(28)22(29)21(26-27)23(30)25-19-10-3-2-4-11-19;1-25-24(30)22-23(29)21(28)15-27(26-22)20-14-8-7-13-19(20)18-12-6-5-11-17(18)16-9-3-2-4-10-16;1-16-7-6-8-17(13-16)23(11-4-5-12-23)15-26-14-19(27)21(28)20(25-26)22(29)24-18-9-2-3-10-18;1-15-6-4-7-16(12-15)22(10-2-3-11-22)14-25-13-18(26)20(27)19(24-25)21(28)23-17-8-5-9-17/h7-9,14-15,19,28H,2-6,10-13,16H2,1H3,(H,25,30);2-4,7-11,14-15,28H,5-6,12-13,16H2,1H3,(H,25,30);2-15,28H,1H3,(H,25,30);6-8,13-14,18,27H,2-5,9-12,15H2,1H3,(H,24,29);4,6-7,12-13,17,26H,2-3,5,8-11,14H2,1H3,(H,23,28). The van der Waals surface area contributed by atoms with E-state index in [0.717, 1.165) is 196 Å². The first-order valence-electron chi connectivity index (χ1n) is 51.6.